The number of fused-ring (bicyclic) bond motifs is 3. The average Bonchev–Trinajstić information content (AvgIpc) is 3.10. The van der Waals surface area contributed by atoms with Crippen molar-refractivity contribution in [2.24, 2.45) is 5.14 Å². The van der Waals surface area contributed by atoms with Gasteiger partial charge in [0.05, 0.1) is 12.3 Å². The highest BCUT2D eigenvalue weighted by Gasteiger charge is 2.22. The molecule has 0 fully saturated rings. The van der Waals surface area contributed by atoms with Crippen molar-refractivity contribution in [3.63, 3.8) is 0 Å². The van der Waals surface area contributed by atoms with Crippen LogP contribution in [-0.2, 0) is 6.61 Å². The number of rotatable bonds is 5. The molecule has 9 heteroatoms. The first-order valence-electron chi connectivity index (χ1n) is 11.2. The first-order valence-corrected chi connectivity index (χ1v) is 12.1. The molecule has 0 atom stereocenters. The maximum atomic E-state index is 9.53. The van der Waals surface area contributed by atoms with E-state index in [9.17, 15) is 5.11 Å². The van der Waals surface area contributed by atoms with Crippen LogP contribution in [0.1, 0.15) is 32.8 Å². The molecule has 3 aromatic carbocycles. The second-order valence-electron chi connectivity index (χ2n) is 7.12. The Kier molecular flexibility index (Phi) is 14.5. The molecule has 0 aliphatic carbocycles. The van der Waals surface area contributed by atoms with Gasteiger partial charge in [0.2, 0.25) is 6.79 Å². The summed E-state index contributed by atoms with van der Waals surface area (Å²) in [6.07, 6.45) is 1.25. The molecule has 0 unspecified atom stereocenters. The molecule has 6 N–H and O–H groups in total. The first kappa shape index (κ1) is 30.2. The molecule has 192 valence electrons. The Morgan fingerprint density at radius 1 is 0.886 bits per heavy atom. The number of aliphatic hydroxyl groups excluding tert-OH is 2. The van der Waals surface area contributed by atoms with Crippen LogP contribution in [0.5, 0.6) is 11.5 Å². The zero-order chi connectivity index (χ0) is 26.2. The van der Waals surface area contributed by atoms with Crippen molar-refractivity contribution in [2.75, 3.05) is 25.3 Å². The van der Waals surface area contributed by atoms with Crippen LogP contribution >= 0.6 is 11.9 Å². The van der Waals surface area contributed by atoms with Crippen molar-refractivity contribution in [3.8, 4) is 22.6 Å². The number of nitrogens with zero attached hydrogens (tertiary/aromatic N) is 1. The van der Waals surface area contributed by atoms with E-state index in [0.717, 1.165) is 58.1 Å². The quantitative estimate of drug-likeness (QED) is 0.168. The lowest BCUT2D eigenvalue weighted by atomic mass is 10.00. The highest BCUT2D eigenvalue weighted by atomic mass is 32.2. The molecule has 1 heterocycles. The van der Waals surface area contributed by atoms with Gasteiger partial charge in [0.1, 0.15) is 11.5 Å². The Labute approximate surface area is 211 Å². The largest absolute Gasteiger partial charge is 0.457 e. The Morgan fingerprint density at radius 3 is 2.06 bits per heavy atom. The summed E-state index contributed by atoms with van der Waals surface area (Å²) < 4.78 is 11.7. The average molecular weight is 505 g/mol. The Morgan fingerprint density at radius 2 is 1.49 bits per heavy atom. The van der Waals surface area contributed by atoms with E-state index in [1.807, 2.05) is 48.5 Å². The fourth-order valence-electron chi connectivity index (χ4n) is 3.45. The summed E-state index contributed by atoms with van der Waals surface area (Å²) in [4.78, 5) is 3.14. The van der Waals surface area contributed by atoms with E-state index in [0.29, 0.717) is 0 Å². The number of benzene rings is 3. The molecule has 3 aromatic rings. The monoisotopic (exact) mass is 504 g/mol. The summed E-state index contributed by atoms with van der Waals surface area (Å²) in [5.41, 5.74) is 4.70. The number of hydrogen-bond donors (Lipinski definition) is 5. The van der Waals surface area contributed by atoms with Gasteiger partial charge < -0.3 is 24.6 Å². The maximum absolute atomic E-state index is 9.53. The SMILES string of the molecule is CCC.CCN(c1ccccc1)c1cc2c(cc1SN)-c1cc(CO)ccc1OCO2.CO.OO. The van der Waals surface area contributed by atoms with Gasteiger partial charge >= 0.3 is 0 Å². The van der Waals surface area contributed by atoms with Gasteiger partial charge in [-0.2, -0.15) is 0 Å². The third kappa shape index (κ3) is 7.86. The molecule has 0 amide bonds. The lowest BCUT2D eigenvalue weighted by Crippen LogP contribution is -2.17. The molecule has 0 saturated heterocycles. The number of hydrogen-bond acceptors (Lipinski definition) is 9. The zero-order valence-electron chi connectivity index (χ0n) is 20.6. The smallest absolute Gasteiger partial charge is 0.230 e. The summed E-state index contributed by atoms with van der Waals surface area (Å²) in [6.45, 7) is 7.25. The van der Waals surface area contributed by atoms with Crippen LogP contribution in [0.2, 0.25) is 0 Å². The van der Waals surface area contributed by atoms with Crippen LogP contribution in [-0.4, -0.2) is 41.2 Å². The van der Waals surface area contributed by atoms with E-state index in [2.05, 4.69) is 37.8 Å². The number of aliphatic hydroxyl groups is 2. The number of para-hydroxylation sites is 1. The minimum absolute atomic E-state index is 0.0301. The van der Waals surface area contributed by atoms with Crippen molar-refractivity contribution in [1.82, 2.24) is 0 Å². The minimum atomic E-state index is -0.0301. The highest BCUT2D eigenvalue weighted by molar-refractivity contribution is 7.97. The standard InChI is InChI=1S/C22H22N2O3S.C3H8.CH4O.H2O2/c1-2-24(16-6-4-3-5-7-16)19-12-21-18(11-22(19)28-23)17-10-15(13-25)8-9-20(17)26-14-27-21;1-3-2;2*1-2/h3-12,25H,2,13-14,23H2,1H3;3H2,1-2H3;2H,1H3;1-2H. The molecule has 35 heavy (non-hydrogen) atoms. The van der Waals surface area contributed by atoms with Crippen LogP contribution < -0.4 is 19.5 Å². The van der Waals surface area contributed by atoms with Crippen molar-refractivity contribution in [3.05, 3.63) is 66.2 Å². The van der Waals surface area contributed by atoms with Crippen LogP contribution in [0, 0.1) is 0 Å². The molecule has 8 nitrogen and oxygen atoms in total. The minimum Gasteiger partial charge on any atom is -0.457 e. The van der Waals surface area contributed by atoms with Crippen molar-refractivity contribution in [1.29, 1.82) is 0 Å². The second-order valence-corrected chi connectivity index (χ2v) is 7.79. The van der Waals surface area contributed by atoms with Crippen LogP contribution in [0.3, 0.4) is 0 Å². The fraction of sp³-hybridized carbons (Fsp3) is 0.308. The summed E-state index contributed by atoms with van der Waals surface area (Å²) in [6, 6.07) is 19.9. The predicted octanol–water partition coefficient (Wildman–Crippen LogP) is 5.74. The van der Waals surface area contributed by atoms with Gasteiger partial charge in [0.15, 0.2) is 0 Å². The molecule has 0 radical (unpaired) electrons. The van der Waals surface area contributed by atoms with E-state index in [4.69, 9.17) is 30.2 Å². The second kappa shape index (κ2) is 16.8. The topological polar surface area (TPSA) is 129 Å². The fourth-order valence-corrected chi connectivity index (χ4v) is 3.93. The molecular formula is C26H36N2O6S. The van der Waals surface area contributed by atoms with E-state index in [1.54, 1.807) is 0 Å². The van der Waals surface area contributed by atoms with Gasteiger partial charge in [0.25, 0.3) is 0 Å². The lowest BCUT2D eigenvalue weighted by molar-refractivity contribution is -0.176. The molecule has 1 aliphatic rings. The van der Waals surface area contributed by atoms with Crippen molar-refractivity contribution in [2.45, 2.75) is 38.7 Å². The normalized spacial score (nSPS) is 10.7. The Balaban J connectivity index is 0.000000797. The Bertz CT molecular complexity index is 1000. The van der Waals surface area contributed by atoms with Gasteiger partial charge in [-0.3, -0.25) is 15.7 Å². The van der Waals surface area contributed by atoms with Gasteiger partial charge in [-0.05, 0) is 54.8 Å². The molecule has 0 aromatic heterocycles. The van der Waals surface area contributed by atoms with E-state index in [-0.39, 0.29) is 13.4 Å². The van der Waals surface area contributed by atoms with E-state index >= 15 is 0 Å². The predicted molar refractivity (Wildman–Crippen MR) is 142 cm³/mol. The summed E-state index contributed by atoms with van der Waals surface area (Å²) in [7, 11) is 1.00. The van der Waals surface area contributed by atoms with E-state index < -0.39 is 0 Å². The zero-order valence-corrected chi connectivity index (χ0v) is 21.5. The molecule has 1 aliphatic heterocycles. The molecule has 0 spiro atoms. The molecule has 0 bridgehead atoms. The third-order valence-corrected chi connectivity index (χ3v) is 5.39. The van der Waals surface area contributed by atoms with Crippen LogP contribution in [0.15, 0.2) is 65.6 Å². The van der Waals surface area contributed by atoms with Gasteiger partial charge in [-0.1, -0.05) is 44.5 Å². The summed E-state index contributed by atoms with van der Waals surface area (Å²) in [5, 5.41) is 34.6. The summed E-state index contributed by atoms with van der Waals surface area (Å²) in [5.74, 6) is 1.46. The van der Waals surface area contributed by atoms with E-state index in [1.165, 1.54) is 18.4 Å². The number of nitrogens with two attached hydrogens (primary N) is 1. The number of ether oxygens (including phenoxy) is 2. The van der Waals surface area contributed by atoms with Crippen LogP contribution in [0.25, 0.3) is 11.1 Å². The molecule has 4 rings (SSSR count). The van der Waals surface area contributed by atoms with Gasteiger partial charge in [-0.15, -0.1) is 0 Å². The number of anilines is 2. The summed E-state index contributed by atoms with van der Waals surface area (Å²) >= 11 is 1.21. The molecule has 0 saturated carbocycles. The van der Waals surface area contributed by atoms with Crippen molar-refractivity contribution >= 4 is 23.3 Å². The van der Waals surface area contributed by atoms with Gasteiger partial charge in [-0.25, -0.2) is 0 Å². The lowest BCUT2D eigenvalue weighted by Gasteiger charge is -2.26. The van der Waals surface area contributed by atoms with Crippen LogP contribution in [0.4, 0.5) is 11.4 Å². The van der Waals surface area contributed by atoms with Crippen molar-refractivity contribution < 1.29 is 30.2 Å². The molecular weight excluding hydrogens is 468 g/mol. The first-order chi connectivity index (χ1) is 17.2. The highest BCUT2D eigenvalue weighted by Crippen LogP contribution is 2.45. The maximum Gasteiger partial charge on any atom is 0.230 e. The third-order valence-electron chi connectivity index (χ3n) is 4.81. The van der Waals surface area contributed by atoms with Gasteiger partial charge in [0, 0.05) is 41.4 Å². The Hall–Kier alpha value is -2.79.